The third kappa shape index (κ3) is 4.20. The van der Waals surface area contributed by atoms with Crippen LogP contribution in [0.2, 0.25) is 0 Å². The van der Waals surface area contributed by atoms with Gasteiger partial charge in [0.1, 0.15) is 0 Å². The molecule has 1 aromatic carbocycles. The molecule has 0 saturated carbocycles. The molecule has 30 heavy (non-hydrogen) atoms. The first-order chi connectivity index (χ1) is 14.6. The molecule has 4 rings (SSSR count). The van der Waals surface area contributed by atoms with Gasteiger partial charge in [-0.25, -0.2) is 4.98 Å². The molecule has 0 bridgehead atoms. The zero-order chi connectivity index (χ0) is 20.9. The van der Waals surface area contributed by atoms with E-state index in [1.54, 1.807) is 28.9 Å². The molecule has 2 amide bonds. The van der Waals surface area contributed by atoms with E-state index >= 15 is 0 Å². The number of benzene rings is 1. The van der Waals surface area contributed by atoms with Crippen LogP contribution in [0.4, 0.5) is 0 Å². The number of nitrogens with one attached hydrogen (secondary N) is 2. The van der Waals surface area contributed by atoms with Gasteiger partial charge in [-0.05, 0) is 36.8 Å². The van der Waals surface area contributed by atoms with Crippen LogP contribution < -0.4 is 10.6 Å². The monoisotopic (exact) mass is 399 g/mol. The Hall–Kier alpha value is -4.00. The topological polar surface area (TPSA) is 88.4 Å². The highest BCUT2D eigenvalue weighted by Crippen LogP contribution is 2.14. The smallest absolute Gasteiger partial charge is 0.288 e. The molecule has 0 unspecified atom stereocenters. The van der Waals surface area contributed by atoms with Crippen LogP contribution in [0.3, 0.4) is 0 Å². The van der Waals surface area contributed by atoms with E-state index in [-0.39, 0.29) is 29.9 Å². The number of fused-ring (bicyclic) bond motifs is 1. The van der Waals surface area contributed by atoms with E-state index in [2.05, 4.69) is 20.6 Å². The summed E-state index contributed by atoms with van der Waals surface area (Å²) in [5.74, 6) is -0.551. The standard InChI is InChI=1S/C23H21N5O2/c1-16-8-10-17(11-9-16)14-25-22(29)20-19-7-3-5-13-28(19)21(27-20)23(30)26-15-18-6-2-4-12-24-18/h2-13H,14-15H2,1H3,(H,25,29)(H,26,30). The lowest BCUT2D eigenvalue weighted by Crippen LogP contribution is -2.26. The number of hydrogen-bond donors (Lipinski definition) is 2. The second-order valence-corrected chi connectivity index (χ2v) is 6.91. The minimum Gasteiger partial charge on any atom is -0.347 e. The van der Waals surface area contributed by atoms with Crippen molar-refractivity contribution in [1.29, 1.82) is 0 Å². The van der Waals surface area contributed by atoms with Gasteiger partial charge in [0.15, 0.2) is 5.69 Å². The maximum absolute atomic E-state index is 12.8. The fourth-order valence-corrected chi connectivity index (χ4v) is 3.09. The second kappa shape index (κ2) is 8.57. The van der Waals surface area contributed by atoms with E-state index in [1.807, 2.05) is 55.5 Å². The highest BCUT2D eigenvalue weighted by atomic mass is 16.2. The van der Waals surface area contributed by atoms with Crippen LogP contribution in [0.25, 0.3) is 5.52 Å². The van der Waals surface area contributed by atoms with Crippen molar-refractivity contribution in [1.82, 2.24) is 25.0 Å². The van der Waals surface area contributed by atoms with Crippen LogP contribution in [0, 0.1) is 6.92 Å². The summed E-state index contributed by atoms with van der Waals surface area (Å²) in [5.41, 5.74) is 3.67. The number of nitrogens with zero attached hydrogens (tertiary/aromatic N) is 3. The number of amides is 2. The Bertz CT molecular complexity index is 1180. The summed E-state index contributed by atoms with van der Waals surface area (Å²) in [6.45, 7) is 2.67. The Morgan fingerprint density at radius 3 is 2.43 bits per heavy atom. The number of aromatic nitrogens is 3. The van der Waals surface area contributed by atoms with Crippen molar-refractivity contribution in [3.8, 4) is 0 Å². The van der Waals surface area contributed by atoms with Crippen LogP contribution >= 0.6 is 0 Å². The van der Waals surface area contributed by atoms with Gasteiger partial charge in [-0.3, -0.25) is 19.0 Å². The molecule has 0 aliphatic rings. The average Bonchev–Trinajstić information content (AvgIpc) is 3.17. The zero-order valence-electron chi connectivity index (χ0n) is 16.5. The van der Waals surface area contributed by atoms with Crippen molar-refractivity contribution in [2.75, 3.05) is 0 Å². The first kappa shape index (κ1) is 19.3. The summed E-state index contributed by atoms with van der Waals surface area (Å²) >= 11 is 0. The molecule has 0 spiro atoms. The molecule has 2 N–H and O–H groups in total. The maximum Gasteiger partial charge on any atom is 0.288 e. The normalized spacial score (nSPS) is 10.7. The largest absolute Gasteiger partial charge is 0.347 e. The fraction of sp³-hybridized carbons (Fsp3) is 0.130. The van der Waals surface area contributed by atoms with Crippen LogP contribution in [-0.4, -0.2) is 26.2 Å². The maximum atomic E-state index is 12.8. The van der Waals surface area contributed by atoms with Crippen LogP contribution in [0.1, 0.15) is 37.9 Å². The van der Waals surface area contributed by atoms with E-state index in [0.717, 1.165) is 16.8 Å². The van der Waals surface area contributed by atoms with Crippen molar-refractivity contribution in [2.45, 2.75) is 20.0 Å². The SMILES string of the molecule is Cc1ccc(CNC(=O)c2nc(C(=O)NCc3ccccn3)n3ccccc23)cc1. The number of imidazole rings is 1. The number of carbonyl (C=O) groups excluding carboxylic acids is 2. The van der Waals surface area contributed by atoms with Crippen molar-refractivity contribution in [3.05, 3.63) is 101 Å². The molecule has 7 heteroatoms. The first-order valence-corrected chi connectivity index (χ1v) is 9.61. The van der Waals surface area contributed by atoms with Gasteiger partial charge in [0.05, 0.1) is 17.8 Å². The van der Waals surface area contributed by atoms with Gasteiger partial charge in [0, 0.05) is 18.9 Å². The second-order valence-electron chi connectivity index (χ2n) is 6.91. The van der Waals surface area contributed by atoms with Crippen molar-refractivity contribution >= 4 is 17.3 Å². The summed E-state index contributed by atoms with van der Waals surface area (Å²) in [5, 5.41) is 5.69. The Labute approximate surface area is 173 Å². The summed E-state index contributed by atoms with van der Waals surface area (Å²) in [6, 6.07) is 18.8. The van der Waals surface area contributed by atoms with Crippen molar-refractivity contribution in [3.63, 3.8) is 0 Å². The molecular weight excluding hydrogens is 378 g/mol. The summed E-state index contributed by atoms with van der Waals surface area (Å²) in [6.07, 6.45) is 3.39. The third-order valence-electron chi connectivity index (χ3n) is 4.70. The number of aryl methyl sites for hydroxylation is 1. The van der Waals surface area contributed by atoms with E-state index in [0.29, 0.717) is 12.1 Å². The molecule has 0 saturated heterocycles. The zero-order valence-corrected chi connectivity index (χ0v) is 16.5. The number of rotatable bonds is 6. The number of carbonyl (C=O) groups is 2. The lowest BCUT2D eigenvalue weighted by Gasteiger charge is -2.04. The molecule has 3 aromatic heterocycles. The number of pyridine rings is 2. The van der Waals surface area contributed by atoms with Crippen molar-refractivity contribution < 1.29 is 9.59 Å². The molecule has 0 fully saturated rings. The van der Waals surface area contributed by atoms with Gasteiger partial charge in [-0.1, -0.05) is 42.0 Å². The fourth-order valence-electron chi connectivity index (χ4n) is 3.09. The van der Waals surface area contributed by atoms with Gasteiger partial charge in [-0.15, -0.1) is 0 Å². The molecular formula is C23H21N5O2. The molecule has 7 nitrogen and oxygen atoms in total. The third-order valence-corrected chi connectivity index (χ3v) is 4.70. The summed E-state index contributed by atoms with van der Waals surface area (Å²) in [4.78, 5) is 34.0. The summed E-state index contributed by atoms with van der Waals surface area (Å²) < 4.78 is 1.62. The molecule has 3 heterocycles. The van der Waals surface area contributed by atoms with E-state index in [1.165, 1.54) is 0 Å². The van der Waals surface area contributed by atoms with E-state index in [4.69, 9.17) is 0 Å². The molecule has 0 aliphatic heterocycles. The van der Waals surface area contributed by atoms with Crippen LogP contribution in [0.15, 0.2) is 73.1 Å². The van der Waals surface area contributed by atoms with Crippen LogP contribution in [-0.2, 0) is 13.1 Å². The highest BCUT2D eigenvalue weighted by molar-refractivity contribution is 6.02. The van der Waals surface area contributed by atoms with Gasteiger partial charge >= 0.3 is 0 Å². The first-order valence-electron chi connectivity index (χ1n) is 9.61. The highest BCUT2D eigenvalue weighted by Gasteiger charge is 2.21. The molecule has 150 valence electrons. The van der Waals surface area contributed by atoms with Gasteiger partial charge in [0.25, 0.3) is 11.8 Å². The predicted octanol–water partition coefficient (Wildman–Crippen LogP) is 2.90. The van der Waals surface area contributed by atoms with Crippen molar-refractivity contribution in [2.24, 2.45) is 0 Å². The Morgan fingerprint density at radius 2 is 1.67 bits per heavy atom. The lowest BCUT2D eigenvalue weighted by molar-refractivity contribution is 0.0939. The van der Waals surface area contributed by atoms with E-state index in [9.17, 15) is 9.59 Å². The average molecular weight is 399 g/mol. The van der Waals surface area contributed by atoms with Crippen LogP contribution in [0.5, 0.6) is 0 Å². The molecule has 4 aromatic rings. The predicted molar refractivity (Wildman–Crippen MR) is 113 cm³/mol. The number of hydrogen-bond acceptors (Lipinski definition) is 4. The van der Waals surface area contributed by atoms with Gasteiger partial charge in [-0.2, -0.15) is 0 Å². The minimum atomic E-state index is -0.376. The molecule has 0 atom stereocenters. The molecule has 0 aliphatic carbocycles. The van der Waals surface area contributed by atoms with Gasteiger partial charge < -0.3 is 10.6 Å². The molecule has 0 radical (unpaired) electrons. The minimum absolute atomic E-state index is 0.155. The Balaban J connectivity index is 1.53. The Kier molecular flexibility index (Phi) is 5.52. The summed E-state index contributed by atoms with van der Waals surface area (Å²) in [7, 11) is 0. The Morgan fingerprint density at radius 1 is 0.900 bits per heavy atom. The lowest BCUT2D eigenvalue weighted by atomic mass is 10.1. The quantitative estimate of drug-likeness (QED) is 0.522. The van der Waals surface area contributed by atoms with E-state index < -0.39 is 0 Å². The van der Waals surface area contributed by atoms with Gasteiger partial charge in [0.2, 0.25) is 5.82 Å².